The Labute approximate surface area is 172 Å². The van der Waals surface area contributed by atoms with E-state index in [0.29, 0.717) is 27.7 Å². The average molecular weight is 413 g/mol. The number of amides is 2. The molecule has 0 aliphatic heterocycles. The molecule has 7 heteroatoms. The van der Waals surface area contributed by atoms with Crippen molar-refractivity contribution in [1.29, 1.82) is 0 Å². The van der Waals surface area contributed by atoms with E-state index in [4.69, 9.17) is 16.3 Å². The van der Waals surface area contributed by atoms with Gasteiger partial charge in [-0.15, -0.1) is 0 Å². The maximum absolute atomic E-state index is 12.9. The van der Waals surface area contributed by atoms with Gasteiger partial charge in [-0.2, -0.15) is 0 Å². The van der Waals surface area contributed by atoms with Gasteiger partial charge in [0.25, 0.3) is 11.8 Å². The summed E-state index contributed by atoms with van der Waals surface area (Å²) in [6, 6.07) is 18.7. The van der Waals surface area contributed by atoms with Crippen LogP contribution in [-0.4, -0.2) is 17.9 Å². The quantitative estimate of drug-likeness (QED) is 0.589. The number of hydrogen-bond acceptors (Lipinski definition) is 3. The summed E-state index contributed by atoms with van der Waals surface area (Å²) in [5.74, 6) is -0.593. The molecule has 3 rings (SSSR count). The predicted octanol–water partition coefficient (Wildman–Crippen LogP) is 5.14. The van der Waals surface area contributed by atoms with Gasteiger partial charge in [-0.1, -0.05) is 11.6 Å². The number of carbonyl (C=O) groups is 2. The molecule has 0 fully saturated rings. The molecule has 148 valence electrons. The molecule has 3 aromatic carbocycles. The summed E-state index contributed by atoms with van der Waals surface area (Å²) >= 11 is 5.83. The molecule has 0 aliphatic carbocycles. The largest absolute Gasteiger partial charge is 0.481 e. The summed E-state index contributed by atoms with van der Waals surface area (Å²) in [5, 5.41) is 6.00. The average Bonchev–Trinajstić information content (AvgIpc) is 2.72. The molecule has 0 radical (unpaired) electrons. The number of ether oxygens (including phenoxy) is 1. The second-order valence-electron chi connectivity index (χ2n) is 6.24. The third-order valence-corrected chi connectivity index (χ3v) is 4.26. The molecule has 2 N–H and O–H groups in total. The van der Waals surface area contributed by atoms with Crippen molar-refractivity contribution in [1.82, 2.24) is 0 Å². The number of benzene rings is 3. The van der Waals surface area contributed by atoms with Crippen LogP contribution >= 0.6 is 11.6 Å². The van der Waals surface area contributed by atoms with Crippen LogP contribution in [0.15, 0.2) is 72.8 Å². The van der Waals surface area contributed by atoms with Crippen molar-refractivity contribution in [3.63, 3.8) is 0 Å². The molecule has 5 nitrogen and oxygen atoms in total. The highest BCUT2D eigenvalue weighted by molar-refractivity contribution is 6.30. The van der Waals surface area contributed by atoms with Gasteiger partial charge in [0.1, 0.15) is 11.6 Å². The van der Waals surface area contributed by atoms with E-state index in [1.807, 2.05) is 0 Å². The molecule has 0 aromatic heterocycles. The lowest BCUT2D eigenvalue weighted by molar-refractivity contribution is -0.122. The first-order chi connectivity index (χ1) is 13.9. The predicted molar refractivity (Wildman–Crippen MR) is 111 cm³/mol. The third-order valence-electron chi connectivity index (χ3n) is 4.01. The molecule has 0 spiro atoms. The van der Waals surface area contributed by atoms with E-state index in [0.717, 1.165) is 0 Å². The van der Waals surface area contributed by atoms with E-state index in [9.17, 15) is 14.0 Å². The van der Waals surface area contributed by atoms with E-state index in [1.165, 1.54) is 24.3 Å². The molecule has 0 unspecified atom stereocenters. The summed E-state index contributed by atoms with van der Waals surface area (Å²) in [7, 11) is 0. The van der Waals surface area contributed by atoms with Crippen LogP contribution in [0.2, 0.25) is 5.02 Å². The molecule has 0 saturated heterocycles. The van der Waals surface area contributed by atoms with Gasteiger partial charge < -0.3 is 15.4 Å². The van der Waals surface area contributed by atoms with Crippen LogP contribution in [0, 0.1) is 5.82 Å². The molecule has 3 aromatic rings. The van der Waals surface area contributed by atoms with Gasteiger partial charge in [0, 0.05) is 22.0 Å². The zero-order chi connectivity index (χ0) is 20.8. The fourth-order valence-corrected chi connectivity index (χ4v) is 2.58. The molecule has 0 bridgehead atoms. The SMILES string of the molecule is C[C@H](Oc1ccc(C(=O)Nc2ccc(Cl)cc2)cc1)C(=O)Nc1ccc(F)cc1. The van der Waals surface area contributed by atoms with Crippen LogP contribution in [0.5, 0.6) is 5.75 Å². The third kappa shape index (κ3) is 5.80. The first-order valence-corrected chi connectivity index (χ1v) is 9.18. The maximum atomic E-state index is 12.9. The Balaban J connectivity index is 1.56. The van der Waals surface area contributed by atoms with E-state index < -0.39 is 6.10 Å². The minimum Gasteiger partial charge on any atom is -0.481 e. The van der Waals surface area contributed by atoms with Gasteiger partial charge in [0.2, 0.25) is 0 Å². The van der Waals surface area contributed by atoms with Crippen LogP contribution in [0.25, 0.3) is 0 Å². The first kappa shape index (κ1) is 20.4. The van der Waals surface area contributed by atoms with Crippen molar-refractivity contribution < 1.29 is 18.7 Å². The minimum absolute atomic E-state index is 0.277. The fourth-order valence-electron chi connectivity index (χ4n) is 2.46. The summed E-state index contributed by atoms with van der Waals surface area (Å²) in [5.41, 5.74) is 1.54. The molecule has 29 heavy (non-hydrogen) atoms. The van der Waals surface area contributed by atoms with E-state index in [1.54, 1.807) is 55.5 Å². The standard InChI is InChI=1S/C22H18ClFN2O3/c1-14(21(27)25-19-10-6-17(24)7-11-19)29-20-12-2-15(3-13-20)22(28)26-18-8-4-16(23)5-9-18/h2-14H,1H3,(H,25,27)(H,26,28)/t14-/m0/s1. The second kappa shape index (κ2) is 9.21. The minimum atomic E-state index is -0.784. The topological polar surface area (TPSA) is 67.4 Å². The van der Waals surface area contributed by atoms with E-state index in [2.05, 4.69) is 10.6 Å². The summed E-state index contributed by atoms with van der Waals surface area (Å²) < 4.78 is 18.5. The van der Waals surface area contributed by atoms with Crippen LogP contribution in [-0.2, 0) is 4.79 Å². The van der Waals surface area contributed by atoms with Crippen molar-refractivity contribution in [3.8, 4) is 5.75 Å². The first-order valence-electron chi connectivity index (χ1n) is 8.81. The number of nitrogens with one attached hydrogen (secondary N) is 2. The summed E-state index contributed by atoms with van der Waals surface area (Å²) in [4.78, 5) is 24.5. The number of halogens is 2. The van der Waals surface area contributed by atoms with Crippen LogP contribution in [0.1, 0.15) is 17.3 Å². The monoisotopic (exact) mass is 412 g/mol. The van der Waals surface area contributed by atoms with Gasteiger partial charge in [-0.25, -0.2) is 4.39 Å². The molecule has 1 atom stereocenters. The molecular formula is C22H18ClFN2O3. The highest BCUT2D eigenvalue weighted by Crippen LogP contribution is 2.18. The smallest absolute Gasteiger partial charge is 0.265 e. The van der Waals surface area contributed by atoms with Crippen molar-refractivity contribution >= 4 is 34.8 Å². The Kier molecular flexibility index (Phi) is 6.46. The lowest BCUT2D eigenvalue weighted by Gasteiger charge is -2.15. The summed E-state index contributed by atoms with van der Waals surface area (Å²) in [6.45, 7) is 1.60. The normalized spacial score (nSPS) is 11.4. The number of rotatable bonds is 6. The second-order valence-corrected chi connectivity index (χ2v) is 6.68. The molecule has 0 saturated carbocycles. The Morgan fingerprint density at radius 2 is 1.41 bits per heavy atom. The zero-order valence-corrected chi connectivity index (χ0v) is 16.2. The zero-order valence-electron chi connectivity index (χ0n) is 15.5. The molecular weight excluding hydrogens is 395 g/mol. The Bertz CT molecular complexity index is 990. The highest BCUT2D eigenvalue weighted by atomic mass is 35.5. The number of anilines is 2. The van der Waals surface area contributed by atoms with Crippen LogP contribution in [0.3, 0.4) is 0 Å². The van der Waals surface area contributed by atoms with Gasteiger partial charge >= 0.3 is 0 Å². The van der Waals surface area contributed by atoms with E-state index in [-0.39, 0.29) is 17.6 Å². The molecule has 0 heterocycles. The van der Waals surface area contributed by atoms with Crippen molar-refractivity contribution in [3.05, 3.63) is 89.2 Å². The lowest BCUT2D eigenvalue weighted by Crippen LogP contribution is -2.30. The highest BCUT2D eigenvalue weighted by Gasteiger charge is 2.15. The number of hydrogen-bond donors (Lipinski definition) is 2. The molecule has 2 amide bonds. The van der Waals surface area contributed by atoms with Crippen LogP contribution < -0.4 is 15.4 Å². The van der Waals surface area contributed by atoms with Gasteiger partial charge in [0.15, 0.2) is 6.10 Å². The van der Waals surface area contributed by atoms with Crippen molar-refractivity contribution in [2.24, 2.45) is 0 Å². The van der Waals surface area contributed by atoms with Crippen molar-refractivity contribution in [2.45, 2.75) is 13.0 Å². The maximum Gasteiger partial charge on any atom is 0.265 e. The number of carbonyl (C=O) groups excluding carboxylic acids is 2. The Morgan fingerprint density at radius 1 is 0.862 bits per heavy atom. The van der Waals surface area contributed by atoms with Gasteiger partial charge in [0.05, 0.1) is 0 Å². The Hall–Kier alpha value is -3.38. The lowest BCUT2D eigenvalue weighted by atomic mass is 10.2. The van der Waals surface area contributed by atoms with Gasteiger partial charge in [-0.3, -0.25) is 9.59 Å². The summed E-state index contributed by atoms with van der Waals surface area (Å²) in [6.07, 6.45) is -0.784. The Morgan fingerprint density at radius 3 is 2.03 bits per heavy atom. The van der Waals surface area contributed by atoms with Crippen molar-refractivity contribution in [2.75, 3.05) is 10.6 Å². The fraction of sp³-hybridized carbons (Fsp3) is 0.0909. The van der Waals surface area contributed by atoms with Crippen LogP contribution in [0.4, 0.5) is 15.8 Å². The van der Waals surface area contributed by atoms with E-state index >= 15 is 0 Å². The van der Waals surface area contributed by atoms with Gasteiger partial charge in [-0.05, 0) is 79.7 Å². The molecule has 0 aliphatic rings.